The summed E-state index contributed by atoms with van der Waals surface area (Å²) in [6.07, 6.45) is 1.58. The fourth-order valence-electron chi connectivity index (χ4n) is 2.22. The van der Waals surface area contributed by atoms with Crippen LogP contribution in [-0.4, -0.2) is 9.97 Å². The lowest BCUT2D eigenvalue weighted by Crippen LogP contribution is -1.96. The average molecular weight is 342 g/mol. The number of benzene rings is 2. The molecule has 2 aromatic carbocycles. The zero-order valence-electron chi connectivity index (χ0n) is 12.0. The number of nitrogens with one attached hydrogen (secondary N) is 1. The number of aromatic nitrogens is 2. The molecule has 0 aliphatic heterocycles. The highest BCUT2D eigenvalue weighted by molar-refractivity contribution is 9.10. The molecular weight excluding hydrogens is 326 g/mol. The fraction of sp³-hybridized carbons (Fsp3) is 0.176. The van der Waals surface area contributed by atoms with Crippen LogP contribution in [0.4, 0.5) is 11.5 Å². The summed E-state index contributed by atoms with van der Waals surface area (Å²) in [6, 6.07) is 14.5. The Kier molecular flexibility index (Phi) is 3.88. The standard InChI is InChI=1S/C17H16BrN3/c1-11(2)12-3-6-14(7-4-12)21-17-15-9-13(18)5-8-16(15)19-10-20-17/h3-11H,1-2H3,(H,19,20,21). The van der Waals surface area contributed by atoms with Gasteiger partial charge in [0.1, 0.15) is 12.1 Å². The molecule has 0 unspecified atom stereocenters. The summed E-state index contributed by atoms with van der Waals surface area (Å²) in [5.41, 5.74) is 3.28. The van der Waals surface area contributed by atoms with Crippen LogP contribution in [0.25, 0.3) is 10.9 Å². The van der Waals surface area contributed by atoms with Gasteiger partial charge < -0.3 is 5.32 Å². The van der Waals surface area contributed by atoms with Crippen LogP contribution >= 0.6 is 15.9 Å². The van der Waals surface area contributed by atoms with Gasteiger partial charge in [-0.15, -0.1) is 0 Å². The molecule has 0 aliphatic carbocycles. The van der Waals surface area contributed by atoms with Crippen molar-refractivity contribution >= 4 is 38.3 Å². The van der Waals surface area contributed by atoms with Crippen LogP contribution in [0.1, 0.15) is 25.3 Å². The van der Waals surface area contributed by atoms with Crippen LogP contribution in [0.15, 0.2) is 53.3 Å². The molecule has 1 aromatic heterocycles. The molecule has 1 N–H and O–H groups in total. The van der Waals surface area contributed by atoms with Gasteiger partial charge in [-0.25, -0.2) is 9.97 Å². The third-order valence-corrected chi connectivity index (χ3v) is 3.93. The Labute approximate surface area is 132 Å². The molecule has 0 saturated heterocycles. The molecule has 1 heterocycles. The number of hydrogen-bond acceptors (Lipinski definition) is 3. The number of halogens is 1. The first-order valence-corrected chi connectivity index (χ1v) is 7.70. The van der Waals surface area contributed by atoms with Crippen molar-refractivity contribution in [3.05, 3.63) is 58.8 Å². The summed E-state index contributed by atoms with van der Waals surface area (Å²) in [7, 11) is 0. The Balaban J connectivity index is 1.96. The Morgan fingerprint density at radius 3 is 2.48 bits per heavy atom. The van der Waals surface area contributed by atoms with E-state index in [1.54, 1.807) is 6.33 Å². The van der Waals surface area contributed by atoms with Gasteiger partial charge in [0.25, 0.3) is 0 Å². The van der Waals surface area contributed by atoms with Gasteiger partial charge in [0.15, 0.2) is 0 Å². The molecule has 0 atom stereocenters. The van der Waals surface area contributed by atoms with Crippen LogP contribution in [0.5, 0.6) is 0 Å². The zero-order chi connectivity index (χ0) is 14.8. The van der Waals surface area contributed by atoms with Crippen LogP contribution < -0.4 is 5.32 Å². The Morgan fingerprint density at radius 2 is 1.76 bits per heavy atom. The third kappa shape index (κ3) is 3.05. The molecule has 4 heteroatoms. The molecule has 3 rings (SSSR count). The maximum Gasteiger partial charge on any atom is 0.141 e. The molecule has 0 amide bonds. The summed E-state index contributed by atoms with van der Waals surface area (Å²) in [5, 5.41) is 4.37. The van der Waals surface area contributed by atoms with Crippen molar-refractivity contribution in [2.75, 3.05) is 5.32 Å². The van der Waals surface area contributed by atoms with E-state index in [1.165, 1.54) is 5.56 Å². The number of anilines is 2. The van der Waals surface area contributed by atoms with Gasteiger partial charge in [-0.05, 0) is 41.8 Å². The van der Waals surface area contributed by atoms with E-state index in [0.29, 0.717) is 5.92 Å². The van der Waals surface area contributed by atoms with E-state index < -0.39 is 0 Å². The molecule has 0 bridgehead atoms. The van der Waals surface area contributed by atoms with Crippen molar-refractivity contribution in [2.24, 2.45) is 0 Å². The van der Waals surface area contributed by atoms with Gasteiger partial charge in [-0.2, -0.15) is 0 Å². The molecule has 0 spiro atoms. The summed E-state index contributed by atoms with van der Waals surface area (Å²) in [4.78, 5) is 8.65. The van der Waals surface area contributed by atoms with E-state index >= 15 is 0 Å². The molecular formula is C17H16BrN3. The highest BCUT2D eigenvalue weighted by Gasteiger charge is 2.05. The topological polar surface area (TPSA) is 37.8 Å². The number of hydrogen-bond donors (Lipinski definition) is 1. The first kappa shape index (κ1) is 14.0. The summed E-state index contributed by atoms with van der Waals surface area (Å²) < 4.78 is 1.02. The van der Waals surface area contributed by atoms with Gasteiger partial charge in [0.05, 0.1) is 5.52 Å². The fourth-order valence-corrected chi connectivity index (χ4v) is 2.58. The van der Waals surface area contributed by atoms with Gasteiger partial charge >= 0.3 is 0 Å². The van der Waals surface area contributed by atoms with E-state index in [1.807, 2.05) is 18.2 Å². The van der Waals surface area contributed by atoms with E-state index in [-0.39, 0.29) is 0 Å². The Bertz CT molecular complexity index is 767. The molecule has 106 valence electrons. The third-order valence-electron chi connectivity index (χ3n) is 3.44. The van der Waals surface area contributed by atoms with Crippen molar-refractivity contribution in [3.8, 4) is 0 Å². The van der Waals surface area contributed by atoms with Crippen molar-refractivity contribution in [1.82, 2.24) is 9.97 Å². The van der Waals surface area contributed by atoms with E-state index in [4.69, 9.17) is 0 Å². The second-order valence-corrected chi connectivity index (χ2v) is 6.20. The summed E-state index contributed by atoms with van der Waals surface area (Å²) in [6.45, 7) is 4.38. The van der Waals surface area contributed by atoms with Gasteiger partial charge in [0, 0.05) is 15.5 Å². The molecule has 0 saturated carbocycles. The quantitative estimate of drug-likeness (QED) is 0.706. The minimum absolute atomic E-state index is 0.537. The van der Waals surface area contributed by atoms with E-state index in [9.17, 15) is 0 Å². The van der Waals surface area contributed by atoms with Crippen LogP contribution in [0.2, 0.25) is 0 Å². The first-order chi connectivity index (χ1) is 10.1. The monoisotopic (exact) mass is 341 g/mol. The highest BCUT2D eigenvalue weighted by atomic mass is 79.9. The van der Waals surface area contributed by atoms with Crippen LogP contribution in [-0.2, 0) is 0 Å². The van der Waals surface area contributed by atoms with E-state index in [0.717, 1.165) is 26.9 Å². The van der Waals surface area contributed by atoms with Gasteiger partial charge in [-0.1, -0.05) is 41.9 Å². The lowest BCUT2D eigenvalue weighted by molar-refractivity contribution is 0.867. The minimum atomic E-state index is 0.537. The summed E-state index contributed by atoms with van der Waals surface area (Å²) >= 11 is 3.49. The number of nitrogens with zero attached hydrogens (tertiary/aromatic N) is 2. The Morgan fingerprint density at radius 1 is 1.00 bits per heavy atom. The lowest BCUT2D eigenvalue weighted by Gasteiger charge is -2.10. The molecule has 0 fully saturated rings. The number of rotatable bonds is 3. The lowest BCUT2D eigenvalue weighted by atomic mass is 10.0. The van der Waals surface area contributed by atoms with Crippen LogP contribution in [0.3, 0.4) is 0 Å². The van der Waals surface area contributed by atoms with Crippen molar-refractivity contribution < 1.29 is 0 Å². The summed E-state index contributed by atoms with van der Waals surface area (Å²) in [5.74, 6) is 1.36. The SMILES string of the molecule is CC(C)c1ccc(Nc2ncnc3ccc(Br)cc23)cc1. The first-order valence-electron chi connectivity index (χ1n) is 6.91. The normalized spacial score (nSPS) is 11.0. The second kappa shape index (κ2) is 5.82. The predicted molar refractivity (Wildman–Crippen MR) is 91.1 cm³/mol. The smallest absolute Gasteiger partial charge is 0.141 e. The highest BCUT2D eigenvalue weighted by Crippen LogP contribution is 2.26. The maximum atomic E-state index is 4.36. The maximum absolute atomic E-state index is 4.36. The molecule has 0 radical (unpaired) electrons. The second-order valence-electron chi connectivity index (χ2n) is 5.29. The van der Waals surface area contributed by atoms with Crippen LogP contribution in [0, 0.1) is 0 Å². The van der Waals surface area contributed by atoms with E-state index in [2.05, 4.69) is 69.3 Å². The van der Waals surface area contributed by atoms with Gasteiger partial charge in [-0.3, -0.25) is 0 Å². The zero-order valence-corrected chi connectivity index (χ0v) is 13.6. The predicted octanol–water partition coefficient (Wildman–Crippen LogP) is 5.26. The average Bonchev–Trinajstić information content (AvgIpc) is 2.48. The molecule has 21 heavy (non-hydrogen) atoms. The van der Waals surface area contributed by atoms with Crippen molar-refractivity contribution in [2.45, 2.75) is 19.8 Å². The minimum Gasteiger partial charge on any atom is -0.340 e. The van der Waals surface area contributed by atoms with Crippen molar-refractivity contribution in [3.63, 3.8) is 0 Å². The largest absolute Gasteiger partial charge is 0.340 e. The molecule has 0 aliphatic rings. The molecule has 3 aromatic rings. The van der Waals surface area contributed by atoms with Gasteiger partial charge in [0.2, 0.25) is 0 Å². The Hall–Kier alpha value is -1.94. The molecule has 3 nitrogen and oxygen atoms in total. The number of fused-ring (bicyclic) bond motifs is 1. The van der Waals surface area contributed by atoms with Crippen molar-refractivity contribution in [1.29, 1.82) is 0 Å².